The van der Waals surface area contributed by atoms with Crippen molar-refractivity contribution in [1.29, 1.82) is 0 Å². The summed E-state index contributed by atoms with van der Waals surface area (Å²) in [4.78, 5) is 23.7. The Hall–Kier alpha value is -7.74. The normalized spacial score (nSPS) is 12.5. The first-order valence-electron chi connectivity index (χ1n) is 20.1. The van der Waals surface area contributed by atoms with Crippen molar-refractivity contribution in [2.75, 3.05) is 28.4 Å². The molecule has 2 aromatic carbocycles. The Kier molecular flexibility index (Phi) is 14.8. The molecular weight excluding hydrogens is 935 g/mol. The predicted molar refractivity (Wildman–Crippen MR) is 235 cm³/mol. The fourth-order valence-corrected chi connectivity index (χ4v) is 9.14. The molecule has 2 atom stereocenters. The highest BCUT2D eigenvalue weighted by Crippen LogP contribution is 2.38. The average Bonchev–Trinajstić information content (AvgIpc) is 4.19. The zero-order chi connectivity index (χ0) is 48.6. The third kappa shape index (κ3) is 10.6. The van der Waals surface area contributed by atoms with Gasteiger partial charge >= 0.3 is 0 Å². The SMILES string of the molecule is COc1cccc(OC)c1-n1c(CS(=O)(=O)[C@@H](C)Cc2ncc(F)cn2)nnc1-c1cocn1.COc1cccc(OC)c1-n1c(CS(=O)(=O)[C@H](C)Cc2ncc(F)cn2)nnc1-c1cocn1. The van der Waals surface area contributed by atoms with Crippen LogP contribution in [0.5, 0.6) is 23.0 Å². The highest BCUT2D eigenvalue weighted by molar-refractivity contribution is 7.91. The zero-order valence-electron chi connectivity index (χ0n) is 37.1. The summed E-state index contributed by atoms with van der Waals surface area (Å²) in [6.45, 7) is 3.07. The van der Waals surface area contributed by atoms with Crippen LogP contribution in [0.2, 0.25) is 0 Å². The second-order valence-electron chi connectivity index (χ2n) is 14.6. The summed E-state index contributed by atoms with van der Waals surface area (Å²) in [6.07, 6.45) is 9.20. The summed E-state index contributed by atoms with van der Waals surface area (Å²) >= 11 is 0. The lowest BCUT2D eigenvalue weighted by Crippen LogP contribution is -2.24. The molecule has 6 aromatic heterocycles. The van der Waals surface area contributed by atoms with Gasteiger partial charge in [-0.2, -0.15) is 0 Å². The zero-order valence-corrected chi connectivity index (χ0v) is 38.7. The first-order chi connectivity index (χ1) is 32.7. The molecule has 356 valence electrons. The van der Waals surface area contributed by atoms with E-state index < -0.39 is 53.3 Å². The molecule has 0 radical (unpaired) electrons. The van der Waals surface area contributed by atoms with Crippen LogP contribution in [0.4, 0.5) is 8.78 Å². The van der Waals surface area contributed by atoms with E-state index in [0.717, 1.165) is 24.8 Å². The number of benzene rings is 2. The minimum absolute atomic E-state index is 0.00483. The van der Waals surface area contributed by atoms with Crippen LogP contribution in [0, 0.1) is 11.6 Å². The maximum atomic E-state index is 13.3. The topological polar surface area (TPSA) is 270 Å². The Labute approximate surface area is 387 Å². The van der Waals surface area contributed by atoms with Gasteiger partial charge in [-0.3, -0.25) is 9.13 Å². The minimum Gasteiger partial charge on any atom is -0.494 e. The Morgan fingerprint density at radius 2 is 0.882 bits per heavy atom. The largest absolute Gasteiger partial charge is 0.494 e. The Balaban J connectivity index is 0.000000201. The lowest BCUT2D eigenvalue weighted by Gasteiger charge is -2.17. The first kappa shape index (κ1) is 48.2. The molecule has 68 heavy (non-hydrogen) atoms. The predicted octanol–water partition coefficient (Wildman–Crippen LogP) is 4.83. The molecule has 0 N–H and O–H groups in total. The number of hydrogen-bond donors (Lipinski definition) is 0. The molecule has 0 fully saturated rings. The molecule has 26 heteroatoms. The number of ether oxygens (including phenoxy) is 4. The van der Waals surface area contributed by atoms with Gasteiger partial charge in [0.25, 0.3) is 0 Å². The van der Waals surface area contributed by atoms with Gasteiger partial charge in [-0.25, -0.2) is 55.5 Å². The van der Waals surface area contributed by atoms with E-state index in [1.807, 2.05) is 0 Å². The molecule has 8 rings (SSSR count). The van der Waals surface area contributed by atoms with E-state index in [0.29, 0.717) is 45.8 Å². The molecule has 0 unspecified atom stereocenters. The number of aromatic nitrogens is 12. The van der Waals surface area contributed by atoms with Crippen LogP contribution in [0.25, 0.3) is 34.4 Å². The quantitative estimate of drug-likeness (QED) is 0.111. The lowest BCUT2D eigenvalue weighted by molar-refractivity contribution is 0.390. The smallest absolute Gasteiger partial charge is 0.190 e. The van der Waals surface area contributed by atoms with Crippen molar-refractivity contribution in [3.05, 3.63) is 121 Å². The van der Waals surface area contributed by atoms with Gasteiger partial charge in [0.1, 0.15) is 81.4 Å². The lowest BCUT2D eigenvalue weighted by atomic mass is 10.2. The molecule has 0 saturated carbocycles. The van der Waals surface area contributed by atoms with Gasteiger partial charge in [-0.15, -0.1) is 20.4 Å². The van der Waals surface area contributed by atoms with Crippen molar-refractivity contribution in [3.8, 4) is 57.4 Å². The van der Waals surface area contributed by atoms with Gasteiger partial charge in [-0.1, -0.05) is 12.1 Å². The van der Waals surface area contributed by atoms with Crippen molar-refractivity contribution in [2.45, 2.75) is 48.7 Å². The summed E-state index contributed by atoms with van der Waals surface area (Å²) < 4.78 is 114. The van der Waals surface area contributed by atoms with E-state index in [2.05, 4.69) is 50.3 Å². The third-order valence-electron chi connectivity index (χ3n) is 10.2. The van der Waals surface area contributed by atoms with Gasteiger partial charge in [0.05, 0.1) is 63.7 Å². The molecule has 0 amide bonds. The van der Waals surface area contributed by atoms with Crippen molar-refractivity contribution in [1.82, 2.24) is 59.4 Å². The average molecular weight is 977 g/mol. The number of hydrogen-bond acceptors (Lipinski definition) is 20. The van der Waals surface area contributed by atoms with Crippen molar-refractivity contribution in [2.24, 2.45) is 0 Å². The number of methoxy groups -OCH3 is 4. The van der Waals surface area contributed by atoms with Gasteiger partial charge in [-0.05, 0) is 38.1 Å². The van der Waals surface area contributed by atoms with Crippen molar-refractivity contribution >= 4 is 19.7 Å². The van der Waals surface area contributed by atoms with Gasteiger partial charge in [0, 0.05) is 12.8 Å². The van der Waals surface area contributed by atoms with E-state index in [-0.39, 0.29) is 47.8 Å². The first-order valence-corrected chi connectivity index (χ1v) is 23.5. The van der Waals surface area contributed by atoms with Gasteiger partial charge in [0.2, 0.25) is 0 Å². The highest BCUT2D eigenvalue weighted by atomic mass is 32.2. The van der Waals surface area contributed by atoms with Gasteiger partial charge < -0.3 is 27.8 Å². The second-order valence-corrected chi connectivity index (χ2v) is 19.4. The molecule has 0 bridgehead atoms. The van der Waals surface area contributed by atoms with Crippen molar-refractivity contribution in [3.63, 3.8) is 0 Å². The molecule has 0 saturated heterocycles. The number of sulfone groups is 2. The van der Waals surface area contributed by atoms with Crippen LogP contribution < -0.4 is 18.9 Å². The standard InChI is InChI=1S/2C21H21FN6O5S/c2*1-13(7-18-23-8-14(22)9-24-18)34(29,30)11-19-26-27-21(15-10-33-12-25-15)28(19)20-16(31-2)5-4-6-17(20)32-3/h2*4-6,8-10,12-13H,7,11H2,1-3H3/t2*13-/m10/s1. The highest BCUT2D eigenvalue weighted by Gasteiger charge is 2.32. The summed E-state index contributed by atoms with van der Waals surface area (Å²) in [6, 6.07) is 10.3. The number of halogens is 2. The number of oxazole rings is 2. The molecule has 8 aromatic rings. The summed E-state index contributed by atoms with van der Waals surface area (Å²) in [5.74, 6) is 0.700. The molecule has 0 spiro atoms. The fourth-order valence-electron chi connectivity index (χ4n) is 6.67. The van der Waals surface area contributed by atoms with Gasteiger partial charge in [0.15, 0.2) is 67.4 Å². The second kappa shape index (κ2) is 20.8. The monoisotopic (exact) mass is 976 g/mol. The van der Waals surface area contributed by atoms with E-state index in [1.54, 1.807) is 36.4 Å². The molecule has 22 nitrogen and oxygen atoms in total. The fraction of sp³-hybridized carbons (Fsp3) is 0.286. The van der Waals surface area contributed by atoms with Crippen molar-refractivity contribution < 1.29 is 53.4 Å². The maximum Gasteiger partial charge on any atom is 0.190 e. The summed E-state index contributed by atoms with van der Waals surface area (Å²) in [7, 11) is -1.60. The Morgan fingerprint density at radius 3 is 1.18 bits per heavy atom. The number of para-hydroxylation sites is 2. The Bertz CT molecular complexity index is 2920. The van der Waals surface area contributed by atoms with Crippen LogP contribution in [-0.2, 0) is 44.0 Å². The number of rotatable bonds is 18. The van der Waals surface area contributed by atoms with Crippen LogP contribution in [-0.4, -0.2) is 115 Å². The molecule has 6 heterocycles. The third-order valence-corrected chi connectivity index (χ3v) is 14.3. The summed E-state index contributed by atoms with van der Waals surface area (Å²) in [5.41, 5.74) is 1.51. The van der Waals surface area contributed by atoms with E-state index in [9.17, 15) is 25.6 Å². The van der Waals surface area contributed by atoms with Crippen LogP contribution in [0.3, 0.4) is 0 Å². The molecule has 0 aliphatic carbocycles. The molecular formula is C42H42F2N12O10S2. The maximum absolute atomic E-state index is 13.3. The Morgan fingerprint density at radius 1 is 0.544 bits per heavy atom. The molecule has 0 aliphatic rings. The van der Waals surface area contributed by atoms with Crippen LogP contribution >= 0.6 is 0 Å². The number of nitrogens with zero attached hydrogens (tertiary/aromatic N) is 12. The summed E-state index contributed by atoms with van der Waals surface area (Å²) in [5, 5.41) is 14.9. The van der Waals surface area contributed by atoms with Crippen LogP contribution in [0.1, 0.15) is 37.1 Å². The minimum atomic E-state index is -3.77. The van der Waals surface area contributed by atoms with E-state index in [4.69, 9.17) is 27.8 Å². The molecule has 0 aliphatic heterocycles. The van der Waals surface area contributed by atoms with E-state index >= 15 is 0 Å². The van der Waals surface area contributed by atoms with Crippen LogP contribution in [0.15, 0.2) is 95.3 Å². The van der Waals surface area contributed by atoms with E-state index in [1.165, 1.54) is 76.7 Å².